The topological polar surface area (TPSA) is 67.8 Å². The molecule has 0 spiro atoms. The van der Waals surface area contributed by atoms with Crippen LogP contribution < -0.4 is 5.32 Å². The summed E-state index contributed by atoms with van der Waals surface area (Å²) >= 11 is 0. The molecule has 6 heteroatoms. The largest absolute Gasteiger partial charge is 0.345 e. The number of pyridine rings is 1. The highest BCUT2D eigenvalue weighted by molar-refractivity contribution is 5.94. The summed E-state index contributed by atoms with van der Waals surface area (Å²) in [6.07, 6.45) is 7.79. The molecule has 1 atom stereocenters. The van der Waals surface area contributed by atoms with E-state index in [1.807, 2.05) is 12.1 Å². The van der Waals surface area contributed by atoms with E-state index in [1.165, 1.54) is 18.2 Å². The molecule has 130 valence electrons. The number of carbonyl (C=O) groups is 1. The van der Waals surface area contributed by atoms with Gasteiger partial charge in [0, 0.05) is 41.0 Å². The molecule has 0 bridgehead atoms. The van der Waals surface area contributed by atoms with Crippen molar-refractivity contribution in [3.8, 4) is 11.4 Å². The summed E-state index contributed by atoms with van der Waals surface area (Å²) in [4.78, 5) is 25.6. The molecule has 1 amide bonds. The lowest BCUT2D eigenvalue weighted by Crippen LogP contribution is -2.31. The van der Waals surface area contributed by atoms with Crippen LogP contribution in [0.3, 0.4) is 0 Å². The molecular weight excluding hydrogens is 331 g/mol. The molecule has 0 saturated heterocycles. The molecule has 0 saturated carbocycles. The number of nitrogens with one attached hydrogen (secondary N) is 1. The molecule has 1 N–H and O–H groups in total. The second kappa shape index (κ2) is 7.00. The van der Waals surface area contributed by atoms with Crippen LogP contribution in [-0.2, 0) is 6.42 Å². The zero-order valence-corrected chi connectivity index (χ0v) is 14.0. The SMILES string of the molecule is O=C(NC1CCCc2nc(-c3ccncc3)ncc21)c1cccc(F)c1. The first-order chi connectivity index (χ1) is 12.7. The second-order valence-corrected chi connectivity index (χ2v) is 6.26. The quantitative estimate of drug-likeness (QED) is 0.787. The van der Waals surface area contributed by atoms with E-state index in [1.54, 1.807) is 24.7 Å². The number of amides is 1. The maximum atomic E-state index is 13.3. The van der Waals surface area contributed by atoms with Crippen molar-refractivity contribution >= 4 is 5.91 Å². The van der Waals surface area contributed by atoms with E-state index >= 15 is 0 Å². The van der Waals surface area contributed by atoms with Gasteiger partial charge >= 0.3 is 0 Å². The predicted octanol–water partition coefficient (Wildman–Crippen LogP) is 3.49. The molecule has 26 heavy (non-hydrogen) atoms. The van der Waals surface area contributed by atoms with E-state index in [2.05, 4.69) is 20.3 Å². The van der Waals surface area contributed by atoms with Crippen molar-refractivity contribution in [2.24, 2.45) is 0 Å². The van der Waals surface area contributed by atoms with E-state index in [9.17, 15) is 9.18 Å². The van der Waals surface area contributed by atoms with Crippen LogP contribution in [0, 0.1) is 5.82 Å². The van der Waals surface area contributed by atoms with E-state index in [0.717, 1.165) is 36.1 Å². The molecule has 4 rings (SSSR count). The average molecular weight is 348 g/mol. The van der Waals surface area contributed by atoms with Crippen LogP contribution in [-0.4, -0.2) is 20.9 Å². The van der Waals surface area contributed by atoms with Crippen molar-refractivity contribution < 1.29 is 9.18 Å². The van der Waals surface area contributed by atoms with Gasteiger partial charge in [0.25, 0.3) is 5.91 Å². The number of aromatic nitrogens is 3. The minimum Gasteiger partial charge on any atom is -0.345 e. The Bertz CT molecular complexity index is 946. The number of carbonyl (C=O) groups excluding carboxylic acids is 1. The molecule has 0 radical (unpaired) electrons. The summed E-state index contributed by atoms with van der Waals surface area (Å²) in [5.41, 5.74) is 3.10. The number of halogens is 1. The van der Waals surface area contributed by atoms with Gasteiger partial charge in [0.2, 0.25) is 0 Å². The van der Waals surface area contributed by atoms with Gasteiger partial charge in [-0.2, -0.15) is 0 Å². The van der Waals surface area contributed by atoms with Crippen molar-refractivity contribution in [1.82, 2.24) is 20.3 Å². The highest BCUT2D eigenvalue weighted by Crippen LogP contribution is 2.29. The normalized spacial score (nSPS) is 16.0. The van der Waals surface area contributed by atoms with Gasteiger partial charge in [-0.25, -0.2) is 14.4 Å². The number of hydrogen-bond donors (Lipinski definition) is 1. The zero-order valence-electron chi connectivity index (χ0n) is 14.0. The molecule has 1 unspecified atom stereocenters. The number of aryl methyl sites for hydroxylation is 1. The molecule has 1 aromatic carbocycles. The monoisotopic (exact) mass is 348 g/mol. The molecule has 1 aliphatic rings. The van der Waals surface area contributed by atoms with Gasteiger partial charge in [0.15, 0.2) is 5.82 Å². The number of rotatable bonds is 3. The Hall–Kier alpha value is -3.15. The Kier molecular flexibility index (Phi) is 4.39. The first-order valence-corrected chi connectivity index (χ1v) is 8.53. The molecular formula is C20H17FN4O. The smallest absolute Gasteiger partial charge is 0.251 e. The summed E-state index contributed by atoms with van der Waals surface area (Å²) in [7, 11) is 0. The third kappa shape index (κ3) is 3.31. The Balaban J connectivity index is 1.58. The van der Waals surface area contributed by atoms with E-state index in [-0.39, 0.29) is 11.9 Å². The Morgan fingerprint density at radius 1 is 1.19 bits per heavy atom. The maximum absolute atomic E-state index is 13.3. The van der Waals surface area contributed by atoms with Gasteiger partial charge in [-0.3, -0.25) is 9.78 Å². The van der Waals surface area contributed by atoms with E-state index < -0.39 is 5.82 Å². The molecule has 2 aromatic heterocycles. The number of nitrogens with zero attached hydrogens (tertiary/aromatic N) is 3. The maximum Gasteiger partial charge on any atom is 0.251 e. The number of benzene rings is 1. The van der Waals surface area contributed by atoms with Crippen LogP contribution in [0.25, 0.3) is 11.4 Å². The zero-order chi connectivity index (χ0) is 17.9. The van der Waals surface area contributed by atoms with Gasteiger partial charge in [-0.05, 0) is 49.6 Å². The van der Waals surface area contributed by atoms with Gasteiger partial charge in [0.1, 0.15) is 5.82 Å². The molecule has 0 fully saturated rings. The van der Waals surface area contributed by atoms with Gasteiger partial charge in [0.05, 0.1) is 6.04 Å². The number of fused-ring (bicyclic) bond motifs is 1. The molecule has 2 heterocycles. The molecule has 5 nitrogen and oxygen atoms in total. The third-order valence-electron chi connectivity index (χ3n) is 4.51. The van der Waals surface area contributed by atoms with Crippen molar-refractivity contribution in [2.75, 3.05) is 0 Å². The second-order valence-electron chi connectivity index (χ2n) is 6.26. The highest BCUT2D eigenvalue weighted by Gasteiger charge is 2.24. The van der Waals surface area contributed by atoms with Gasteiger partial charge in [-0.1, -0.05) is 6.07 Å². The van der Waals surface area contributed by atoms with Crippen molar-refractivity contribution in [3.63, 3.8) is 0 Å². The number of hydrogen-bond acceptors (Lipinski definition) is 4. The van der Waals surface area contributed by atoms with Crippen molar-refractivity contribution in [2.45, 2.75) is 25.3 Å². The van der Waals surface area contributed by atoms with E-state index in [0.29, 0.717) is 11.4 Å². The Labute approximate surface area is 150 Å². The lowest BCUT2D eigenvalue weighted by molar-refractivity contribution is 0.0932. The lowest BCUT2D eigenvalue weighted by atomic mass is 9.92. The van der Waals surface area contributed by atoms with Crippen LogP contribution >= 0.6 is 0 Å². The molecule has 0 aliphatic heterocycles. The average Bonchev–Trinajstić information content (AvgIpc) is 2.68. The fraction of sp³-hybridized carbons (Fsp3) is 0.200. The predicted molar refractivity (Wildman–Crippen MR) is 94.8 cm³/mol. The van der Waals surface area contributed by atoms with Crippen LogP contribution in [0.5, 0.6) is 0 Å². The van der Waals surface area contributed by atoms with Crippen LogP contribution in [0.2, 0.25) is 0 Å². The fourth-order valence-electron chi connectivity index (χ4n) is 3.21. The summed E-state index contributed by atoms with van der Waals surface area (Å²) in [6, 6.07) is 9.26. The van der Waals surface area contributed by atoms with Crippen LogP contribution in [0.15, 0.2) is 55.0 Å². The van der Waals surface area contributed by atoms with Gasteiger partial charge in [-0.15, -0.1) is 0 Å². The molecule has 3 aromatic rings. The minimum absolute atomic E-state index is 0.166. The standard InChI is InChI=1S/C20H17FN4O/c21-15-4-1-3-14(11-15)20(26)25-18-6-2-5-17-16(18)12-23-19(24-17)13-7-9-22-10-8-13/h1,3-4,7-12,18H,2,5-6H2,(H,25,26). The van der Waals surface area contributed by atoms with Crippen LogP contribution in [0.4, 0.5) is 4.39 Å². The first kappa shape index (κ1) is 16.3. The first-order valence-electron chi connectivity index (χ1n) is 8.53. The summed E-state index contributed by atoms with van der Waals surface area (Å²) in [6.45, 7) is 0. The summed E-state index contributed by atoms with van der Waals surface area (Å²) in [5.74, 6) is -0.0594. The highest BCUT2D eigenvalue weighted by atomic mass is 19.1. The van der Waals surface area contributed by atoms with Gasteiger partial charge < -0.3 is 5.32 Å². The Morgan fingerprint density at radius 2 is 2.04 bits per heavy atom. The van der Waals surface area contributed by atoms with Crippen molar-refractivity contribution in [1.29, 1.82) is 0 Å². The lowest BCUT2D eigenvalue weighted by Gasteiger charge is -2.25. The molecule has 1 aliphatic carbocycles. The summed E-state index contributed by atoms with van der Waals surface area (Å²) in [5, 5.41) is 2.98. The van der Waals surface area contributed by atoms with Crippen molar-refractivity contribution in [3.05, 3.63) is 77.6 Å². The Morgan fingerprint density at radius 3 is 2.85 bits per heavy atom. The fourth-order valence-corrected chi connectivity index (χ4v) is 3.21. The van der Waals surface area contributed by atoms with Crippen LogP contribution in [0.1, 0.15) is 40.5 Å². The third-order valence-corrected chi connectivity index (χ3v) is 4.51. The summed E-state index contributed by atoms with van der Waals surface area (Å²) < 4.78 is 13.3. The van der Waals surface area contributed by atoms with E-state index in [4.69, 9.17) is 0 Å². The minimum atomic E-state index is -0.424.